The molecule has 0 aliphatic heterocycles. The second kappa shape index (κ2) is 6.52. The molecule has 19 heavy (non-hydrogen) atoms. The summed E-state index contributed by atoms with van der Waals surface area (Å²) in [6, 6.07) is 0. The number of carbonyl (C=O) groups excluding carboxylic acids is 1. The van der Waals surface area contributed by atoms with E-state index in [1.807, 2.05) is 32.5 Å². The van der Waals surface area contributed by atoms with E-state index in [-0.39, 0.29) is 11.4 Å². The minimum atomic E-state index is -0.193. The third-order valence-electron chi connectivity index (χ3n) is 2.60. The van der Waals surface area contributed by atoms with E-state index in [0.717, 1.165) is 22.3 Å². The zero-order chi connectivity index (χ0) is 14.6. The summed E-state index contributed by atoms with van der Waals surface area (Å²) >= 11 is 3.55. The van der Waals surface area contributed by atoms with Crippen molar-refractivity contribution in [2.24, 2.45) is 7.05 Å². The van der Waals surface area contributed by atoms with Crippen LogP contribution in [0.15, 0.2) is 4.47 Å². The lowest BCUT2D eigenvalue weighted by Gasteiger charge is -2.20. The van der Waals surface area contributed by atoms with E-state index >= 15 is 0 Å². The summed E-state index contributed by atoms with van der Waals surface area (Å²) in [6.07, 6.45) is 0.888. The molecular formula is C13H23BrN4O. The molecule has 0 aromatic carbocycles. The zero-order valence-corrected chi connectivity index (χ0v) is 13.9. The van der Waals surface area contributed by atoms with Gasteiger partial charge in [0.1, 0.15) is 0 Å². The number of aromatic nitrogens is 2. The van der Waals surface area contributed by atoms with Crippen LogP contribution in [0, 0.1) is 0 Å². The lowest BCUT2D eigenvalue weighted by atomic mass is 10.1. The molecular weight excluding hydrogens is 308 g/mol. The van der Waals surface area contributed by atoms with Gasteiger partial charge in [-0.25, -0.2) is 0 Å². The van der Waals surface area contributed by atoms with Crippen LogP contribution in [-0.2, 0) is 24.8 Å². The maximum atomic E-state index is 11.7. The van der Waals surface area contributed by atoms with Crippen molar-refractivity contribution in [3.63, 3.8) is 0 Å². The fourth-order valence-corrected chi connectivity index (χ4v) is 2.53. The van der Waals surface area contributed by atoms with Crippen LogP contribution in [0.1, 0.15) is 39.1 Å². The summed E-state index contributed by atoms with van der Waals surface area (Å²) < 4.78 is 2.87. The molecule has 0 atom stereocenters. The van der Waals surface area contributed by atoms with Gasteiger partial charge in [0.15, 0.2) is 0 Å². The third kappa shape index (κ3) is 4.95. The van der Waals surface area contributed by atoms with Gasteiger partial charge in [-0.1, -0.05) is 6.92 Å². The average Bonchev–Trinajstić information content (AvgIpc) is 2.53. The minimum absolute atomic E-state index is 0.00139. The first kappa shape index (κ1) is 16.2. The predicted molar refractivity (Wildman–Crippen MR) is 79.9 cm³/mol. The molecule has 5 nitrogen and oxygen atoms in total. The maximum absolute atomic E-state index is 11.7. The van der Waals surface area contributed by atoms with Gasteiger partial charge in [-0.3, -0.25) is 9.48 Å². The molecule has 0 fully saturated rings. The average molecular weight is 331 g/mol. The van der Waals surface area contributed by atoms with Crippen molar-refractivity contribution in [1.29, 1.82) is 0 Å². The van der Waals surface area contributed by atoms with Crippen LogP contribution in [0.2, 0.25) is 0 Å². The van der Waals surface area contributed by atoms with Crippen molar-refractivity contribution in [2.45, 2.75) is 46.2 Å². The highest BCUT2D eigenvalue weighted by atomic mass is 79.9. The van der Waals surface area contributed by atoms with Crippen LogP contribution < -0.4 is 10.6 Å². The molecule has 0 saturated heterocycles. The highest BCUT2D eigenvalue weighted by Crippen LogP contribution is 2.21. The SMILES string of the molecule is CCc1nn(C)c(CNCC(=O)NC(C)(C)C)c1Br. The van der Waals surface area contributed by atoms with Gasteiger partial charge in [-0.15, -0.1) is 0 Å². The standard InChI is InChI=1S/C13H23BrN4O/c1-6-9-12(14)10(18(5)17-9)7-15-8-11(19)16-13(2,3)4/h15H,6-8H2,1-5H3,(H,16,19). The molecule has 108 valence electrons. The van der Waals surface area contributed by atoms with Crippen LogP contribution in [-0.4, -0.2) is 27.8 Å². The first-order chi connectivity index (χ1) is 8.74. The predicted octanol–water partition coefficient (Wildman–Crippen LogP) is 1.75. The molecule has 1 aromatic heterocycles. The number of aryl methyl sites for hydroxylation is 2. The van der Waals surface area contributed by atoms with Gasteiger partial charge in [-0.2, -0.15) is 5.10 Å². The Kier molecular flexibility index (Phi) is 5.55. The van der Waals surface area contributed by atoms with E-state index in [9.17, 15) is 4.79 Å². The van der Waals surface area contributed by atoms with Crippen molar-refractivity contribution < 1.29 is 4.79 Å². The number of carbonyl (C=O) groups is 1. The molecule has 0 saturated carbocycles. The molecule has 0 unspecified atom stereocenters. The molecule has 6 heteroatoms. The van der Waals surface area contributed by atoms with Crippen molar-refractivity contribution >= 4 is 21.8 Å². The van der Waals surface area contributed by atoms with Crippen LogP contribution in [0.3, 0.4) is 0 Å². The number of halogens is 1. The van der Waals surface area contributed by atoms with Gasteiger partial charge in [-0.05, 0) is 43.1 Å². The molecule has 0 radical (unpaired) electrons. The topological polar surface area (TPSA) is 59.0 Å². The summed E-state index contributed by atoms with van der Waals surface area (Å²) in [5.74, 6) is 0.00139. The Hall–Kier alpha value is -0.880. The fraction of sp³-hybridized carbons (Fsp3) is 0.692. The lowest BCUT2D eigenvalue weighted by molar-refractivity contribution is -0.121. The molecule has 0 bridgehead atoms. The molecule has 0 aliphatic carbocycles. The molecule has 0 spiro atoms. The minimum Gasteiger partial charge on any atom is -0.350 e. The summed E-state index contributed by atoms with van der Waals surface area (Å²) in [7, 11) is 1.91. The maximum Gasteiger partial charge on any atom is 0.234 e. The van der Waals surface area contributed by atoms with E-state index in [1.54, 1.807) is 0 Å². The Morgan fingerprint density at radius 2 is 2.05 bits per heavy atom. The Balaban J connectivity index is 2.50. The van der Waals surface area contributed by atoms with E-state index < -0.39 is 0 Å². The molecule has 2 N–H and O–H groups in total. The second-order valence-electron chi connectivity index (χ2n) is 5.59. The number of nitrogens with zero attached hydrogens (tertiary/aromatic N) is 2. The summed E-state index contributed by atoms with van der Waals surface area (Å²) in [4.78, 5) is 11.7. The number of hydrogen-bond donors (Lipinski definition) is 2. The van der Waals surface area contributed by atoms with Crippen molar-refractivity contribution in [3.05, 3.63) is 15.9 Å². The second-order valence-corrected chi connectivity index (χ2v) is 6.38. The van der Waals surface area contributed by atoms with Gasteiger partial charge in [0, 0.05) is 19.1 Å². The Labute approximate surface area is 123 Å². The molecule has 1 rings (SSSR count). The number of nitrogens with one attached hydrogen (secondary N) is 2. The third-order valence-corrected chi connectivity index (χ3v) is 3.51. The van der Waals surface area contributed by atoms with E-state index in [2.05, 4.69) is 38.6 Å². The molecule has 1 amide bonds. The number of rotatable bonds is 5. The zero-order valence-electron chi connectivity index (χ0n) is 12.3. The molecule has 0 aliphatic rings. The van der Waals surface area contributed by atoms with Crippen molar-refractivity contribution in [2.75, 3.05) is 6.54 Å². The highest BCUT2D eigenvalue weighted by molar-refractivity contribution is 9.10. The summed E-state index contributed by atoms with van der Waals surface area (Å²) in [5.41, 5.74) is 1.90. The van der Waals surface area contributed by atoms with E-state index in [0.29, 0.717) is 13.1 Å². The lowest BCUT2D eigenvalue weighted by Crippen LogP contribution is -2.44. The van der Waals surface area contributed by atoms with Crippen molar-refractivity contribution in [3.8, 4) is 0 Å². The first-order valence-corrected chi connectivity index (χ1v) is 7.26. The summed E-state index contributed by atoms with van der Waals surface area (Å²) in [5, 5.41) is 10.5. The molecule has 1 heterocycles. The smallest absolute Gasteiger partial charge is 0.234 e. The van der Waals surface area contributed by atoms with Crippen LogP contribution in [0.25, 0.3) is 0 Å². The Bertz CT molecular complexity index is 448. The molecule has 1 aromatic rings. The van der Waals surface area contributed by atoms with Crippen LogP contribution >= 0.6 is 15.9 Å². The van der Waals surface area contributed by atoms with Gasteiger partial charge in [0.25, 0.3) is 0 Å². The monoisotopic (exact) mass is 330 g/mol. The van der Waals surface area contributed by atoms with Gasteiger partial charge in [0.2, 0.25) is 5.91 Å². The van der Waals surface area contributed by atoms with E-state index in [1.165, 1.54) is 0 Å². The number of amides is 1. The normalized spacial score (nSPS) is 11.7. The van der Waals surface area contributed by atoms with Crippen molar-refractivity contribution in [1.82, 2.24) is 20.4 Å². The summed E-state index contributed by atoms with van der Waals surface area (Å²) in [6.45, 7) is 8.89. The van der Waals surface area contributed by atoms with Gasteiger partial charge < -0.3 is 10.6 Å². The Morgan fingerprint density at radius 1 is 1.42 bits per heavy atom. The largest absolute Gasteiger partial charge is 0.350 e. The van der Waals surface area contributed by atoms with Crippen LogP contribution in [0.4, 0.5) is 0 Å². The number of hydrogen-bond acceptors (Lipinski definition) is 3. The van der Waals surface area contributed by atoms with Gasteiger partial charge in [0.05, 0.1) is 22.4 Å². The van der Waals surface area contributed by atoms with Crippen LogP contribution in [0.5, 0.6) is 0 Å². The quantitative estimate of drug-likeness (QED) is 0.864. The highest BCUT2D eigenvalue weighted by Gasteiger charge is 2.15. The fourth-order valence-electron chi connectivity index (χ4n) is 1.77. The van der Waals surface area contributed by atoms with Gasteiger partial charge >= 0.3 is 0 Å². The van der Waals surface area contributed by atoms with E-state index in [4.69, 9.17) is 0 Å². The Morgan fingerprint density at radius 3 is 2.53 bits per heavy atom. The first-order valence-electron chi connectivity index (χ1n) is 6.46.